The van der Waals surface area contributed by atoms with Gasteiger partial charge in [-0.15, -0.1) is 0 Å². The molecule has 0 radical (unpaired) electrons. The van der Waals surface area contributed by atoms with Gasteiger partial charge in [0.25, 0.3) is 0 Å². The summed E-state index contributed by atoms with van der Waals surface area (Å²) in [7, 11) is 3.83. The zero-order chi connectivity index (χ0) is 25.2. The standard InChI is InChI=1S/C31H42N2/c1-11-25(4)18-14-15-19-27(6)22-28(7)23-29(8)30(13-3)20-16-17-21-31(32-9)33(10)24-26(5)12-2/h11-18,20,22-23H,1-3,5-6,19,21,24H2,4,7-10H3/b15-14-,17-16-,25-18-,28-22-,29-23+,30-20+,32-31?. The van der Waals surface area contributed by atoms with Crippen LogP contribution in [0.1, 0.15) is 33.6 Å². The maximum atomic E-state index is 4.39. The average molecular weight is 443 g/mol. The smallest absolute Gasteiger partial charge is 0.102 e. The Morgan fingerprint density at radius 3 is 2.00 bits per heavy atom. The van der Waals surface area contributed by atoms with Crippen molar-refractivity contribution in [3.63, 3.8) is 0 Å². The van der Waals surface area contributed by atoms with Gasteiger partial charge in [-0.05, 0) is 43.9 Å². The second-order valence-electron chi connectivity index (χ2n) is 7.94. The Morgan fingerprint density at radius 2 is 1.42 bits per heavy atom. The van der Waals surface area contributed by atoms with Gasteiger partial charge in [0.2, 0.25) is 0 Å². The van der Waals surface area contributed by atoms with Gasteiger partial charge < -0.3 is 4.90 Å². The van der Waals surface area contributed by atoms with E-state index in [1.807, 2.05) is 45.3 Å². The second-order valence-corrected chi connectivity index (χ2v) is 7.94. The highest BCUT2D eigenvalue weighted by Crippen LogP contribution is 2.15. The Kier molecular flexibility index (Phi) is 15.4. The summed E-state index contributed by atoms with van der Waals surface area (Å²) in [5.74, 6) is 0.997. The minimum absolute atomic E-state index is 0.720. The number of hydrogen-bond acceptors (Lipinski definition) is 1. The van der Waals surface area contributed by atoms with Gasteiger partial charge in [-0.1, -0.05) is 116 Å². The van der Waals surface area contributed by atoms with E-state index in [-0.39, 0.29) is 0 Å². The summed E-state index contributed by atoms with van der Waals surface area (Å²) >= 11 is 0. The molecule has 0 unspecified atom stereocenters. The molecule has 0 saturated carbocycles. The molecule has 0 aliphatic rings. The van der Waals surface area contributed by atoms with Crippen LogP contribution in [0, 0.1) is 0 Å². The molecule has 0 aliphatic carbocycles. The molecule has 0 saturated heterocycles. The predicted molar refractivity (Wildman–Crippen MR) is 152 cm³/mol. The van der Waals surface area contributed by atoms with Crippen LogP contribution in [-0.4, -0.2) is 31.4 Å². The highest BCUT2D eigenvalue weighted by atomic mass is 15.2. The summed E-state index contributed by atoms with van der Waals surface area (Å²) < 4.78 is 0. The molecule has 0 aromatic heterocycles. The van der Waals surface area contributed by atoms with Crippen molar-refractivity contribution in [2.75, 3.05) is 20.6 Å². The summed E-state index contributed by atoms with van der Waals surface area (Å²) in [4.78, 5) is 6.48. The lowest BCUT2D eigenvalue weighted by Gasteiger charge is -2.20. The van der Waals surface area contributed by atoms with E-state index in [1.54, 1.807) is 6.08 Å². The van der Waals surface area contributed by atoms with Crippen molar-refractivity contribution in [2.24, 2.45) is 4.99 Å². The van der Waals surface area contributed by atoms with Crippen molar-refractivity contribution in [3.05, 3.63) is 133 Å². The molecular weight excluding hydrogens is 400 g/mol. The first-order valence-corrected chi connectivity index (χ1v) is 11.1. The van der Waals surface area contributed by atoms with Crippen LogP contribution < -0.4 is 0 Å². The van der Waals surface area contributed by atoms with Gasteiger partial charge in [0, 0.05) is 27.1 Å². The van der Waals surface area contributed by atoms with E-state index in [0.29, 0.717) is 0 Å². The summed E-state index contributed by atoms with van der Waals surface area (Å²) in [6, 6.07) is 0. The minimum atomic E-state index is 0.720. The summed E-state index contributed by atoms with van der Waals surface area (Å²) in [5.41, 5.74) is 6.57. The van der Waals surface area contributed by atoms with Crippen molar-refractivity contribution in [1.29, 1.82) is 0 Å². The van der Waals surface area contributed by atoms with E-state index in [9.17, 15) is 0 Å². The molecule has 2 nitrogen and oxygen atoms in total. The van der Waals surface area contributed by atoms with Crippen LogP contribution in [0.15, 0.2) is 138 Å². The molecule has 0 aliphatic heterocycles. The van der Waals surface area contributed by atoms with Gasteiger partial charge >= 0.3 is 0 Å². The molecule has 0 heterocycles. The SMILES string of the molecule is C=CC(=C)CN(C)C(C\C=C/C=C(C=C)/C(C)=C/C(C)=C\C(=C)C/C=C\C=C(\C)C=C)=NC. The molecule has 0 atom stereocenters. The van der Waals surface area contributed by atoms with Gasteiger partial charge in [-0.3, -0.25) is 4.99 Å². The zero-order valence-electron chi connectivity index (χ0n) is 21.4. The Balaban J connectivity index is 5.11. The number of rotatable bonds is 14. The van der Waals surface area contributed by atoms with E-state index in [1.165, 1.54) is 0 Å². The first-order valence-electron chi connectivity index (χ1n) is 11.1. The van der Waals surface area contributed by atoms with Crippen molar-refractivity contribution in [1.82, 2.24) is 4.90 Å². The third-order valence-corrected chi connectivity index (χ3v) is 4.89. The third-order valence-electron chi connectivity index (χ3n) is 4.89. The maximum Gasteiger partial charge on any atom is 0.102 e. The Bertz CT molecular complexity index is 924. The van der Waals surface area contributed by atoms with Crippen molar-refractivity contribution >= 4 is 5.84 Å². The van der Waals surface area contributed by atoms with Crippen LogP contribution in [-0.2, 0) is 0 Å². The average Bonchev–Trinajstić information content (AvgIpc) is 2.78. The molecule has 0 aromatic rings. The van der Waals surface area contributed by atoms with Crippen LogP contribution in [0.2, 0.25) is 0 Å². The van der Waals surface area contributed by atoms with Gasteiger partial charge in [0.15, 0.2) is 0 Å². The molecule has 33 heavy (non-hydrogen) atoms. The van der Waals surface area contributed by atoms with E-state index in [0.717, 1.165) is 58.7 Å². The molecular formula is C31H42N2. The topological polar surface area (TPSA) is 15.6 Å². The number of hydrogen-bond donors (Lipinski definition) is 0. The molecule has 176 valence electrons. The fourth-order valence-corrected chi connectivity index (χ4v) is 2.94. The third kappa shape index (κ3) is 13.6. The minimum Gasteiger partial charge on any atom is -0.359 e. The van der Waals surface area contributed by atoms with E-state index >= 15 is 0 Å². The van der Waals surface area contributed by atoms with Crippen LogP contribution in [0.25, 0.3) is 0 Å². The van der Waals surface area contributed by atoms with E-state index in [2.05, 4.69) is 93.1 Å². The molecule has 0 amide bonds. The lowest BCUT2D eigenvalue weighted by molar-refractivity contribution is 0.545. The van der Waals surface area contributed by atoms with Crippen molar-refractivity contribution in [2.45, 2.75) is 33.6 Å². The number of amidine groups is 1. The normalized spacial score (nSPS) is 14.0. The Hall–Kier alpha value is -3.39. The molecule has 0 fully saturated rings. The van der Waals surface area contributed by atoms with Crippen LogP contribution in [0.3, 0.4) is 0 Å². The Labute approximate surface area is 203 Å². The molecule has 0 aromatic carbocycles. The van der Waals surface area contributed by atoms with E-state index < -0.39 is 0 Å². The lowest BCUT2D eigenvalue weighted by Crippen LogP contribution is -2.27. The van der Waals surface area contributed by atoms with Gasteiger partial charge in [0.1, 0.15) is 5.84 Å². The monoisotopic (exact) mass is 442 g/mol. The maximum absolute atomic E-state index is 4.39. The predicted octanol–water partition coefficient (Wildman–Crippen LogP) is 8.27. The molecule has 0 spiro atoms. The number of allylic oxidation sites excluding steroid dienone is 14. The number of aliphatic imine (C=N–C) groups is 1. The first kappa shape index (κ1) is 29.6. The highest BCUT2D eigenvalue weighted by molar-refractivity contribution is 5.83. The van der Waals surface area contributed by atoms with Crippen LogP contribution in [0.4, 0.5) is 0 Å². The van der Waals surface area contributed by atoms with Crippen molar-refractivity contribution < 1.29 is 0 Å². The second kappa shape index (κ2) is 17.2. The molecule has 0 bridgehead atoms. The first-order chi connectivity index (χ1) is 15.7. The lowest BCUT2D eigenvalue weighted by atomic mass is 10.0. The fraction of sp³-hybridized carbons (Fsp3) is 0.258. The van der Waals surface area contributed by atoms with Gasteiger partial charge in [-0.25, -0.2) is 0 Å². The molecule has 0 N–H and O–H groups in total. The Morgan fingerprint density at radius 1 is 0.788 bits per heavy atom. The van der Waals surface area contributed by atoms with Crippen molar-refractivity contribution in [3.8, 4) is 0 Å². The number of likely N-dealkylation sites (N-methyl/N-ethyl adjacent to an activating group) is 1. The summed E-state index contributed by atoms with van der Waals surface area (Å²) in [6.45, 7) is 26.5. The summed E-state index contributed by atoms with van der Waals surface area (Å²) in [5, 5.41) is 0. The largest absolute Gasteiger partial charge is 0.359 e. The zero-order valence-corrected chi connectivity index (χ0v) is 21.4. The number of nitrogens with zero attached hydrogens (tertiary/aromatic N) is 2. The van der Waals surface area contributed by atoms with Gasteiger partial charge in [-0.2, -0.15) is 0 Å². The molecule has 2 heteroatoms. The van der Waals surface area contributed by atoms with E-state index in [4.69, 9.17) is 0 Å². The quantitative estimate of drug-likeness (QED) is 0.150. The fourth-order valence-electron chi connectivity index (χ4n) is 2.94. The van der Waals surface area contributed by atoms with Crippen LogP contribution in [0.5, 0.6) is 0 Å². The van der Waals surface area contributed by atoms with Crippen LogP contribution >= 0.6 is 0 Å². The highest BCUT2D eigenvalue weighted by Gasteiger charge is 2.04. The van der Waals surface area contributed by atoms with Gasteiger partial charge in [0.05, 0.1) is 0 Å². The summed E-state index contributed by atoms with van der Waals surface area (Å²) in [6.07, 6.45) is 23.8. The molecule has 0 rings (SSSR count).